The third-order valence-corrected chi connectivity index (χ3v) is 5.36. The molecule has 1 aromatic carbocycles. The maximum atomic E-state index is 12.5. The van der Waals surface area contributed by atoms with Crippen molar-refractivity contribution in [2.75, 3.05) is 19.7 Å². The molecular formula is C12H14ClNO5S. The highest BCUT2D eigenvalue weighted by atomic mass is 35.5. The van der Waals surface area contributed by atoms with Gasteiger partial charge in [-0.15, -0.1) is 0 Å². The SMILES string of the molecule is Cc1ccc(S(=O)(=O)N2CCOC(C(=O)O)C2)c(Cl)c1. The van der Waals surface area contributed by atoms with E-state index in [1.54, 1.807) is 19.1 Å². The molecule has 8 heteroatoms. The van der Waals surface area contributed by atoms with Crippen LogP contribution in [0, 0.1) is 6.92 Å². The Morgan fingerprint density at radius 2 is 2.20 bits per heavy atom. The molecular weight excluding hydrogens is 306 g/mol. The molecule has 1 unspecified atom stereocenters. The molecule has 1 aromatic rings. The lowest BCUT2D eigenvalue weighted by Crippen LogP contribution is -2.48. The van der Waals surface area contributed by atoms with Crippen molar-refractivity contribution >= 4 is 27.6 Å². The van der Waals surface area contributed by atoms with Gasteiger partial charge >= 0.3 is 5.97 Å². The third-order valence-electron chi connectivity index (χ3n) is 3.01. The molecule has 0 bridgehead atoms. The molecule has 20 heavy (non-hydrogen) atoms. The van der Waals surface area contributed by atoms with Gasteiger partial charge in [-0.3, -0.25) is 0 Å². The molecule has 0 aliphatic carbocycles. The lowest BCUT2D eigenvalue weighted by Gasteiger charge is -2.30. The first kappa shape index (κ1) is 15.2. The van der Waals surface area contributed by atoms with Gasteiger partial charge in [0.2, 0.25) is 10.0 Å². The number of sulfonamides is 1. The molecule has 1 N–H and O–H groups in total. The zero-order valence-corrected chi connectivity index (χ0v) is 12.3. The van der Waals surface area contributed by atoms with Crippen molar-refractivity contribution < 1.29 is 23.1 Å². The van der Waals surface area contributed by atoms with E-state index in [2.05, 4.69) is 0 Å². The van der Waals surface area contributed by atoms with E-state index in [-0.39, 0.29) is 29.6 Å². The molecule has 110 valence electrons. The van der Waals surface area contributed by atoms with Crippen LogP contribution in [-0.2, 0) is 19.6 Å². The Labute approximate surface area is 122 Å². The van der Waals surface area contributed by atoms with E-state index in [0.717, 1.165) is 9.87 Å². The number of nitrogens with zero attached hydrogens (tertiary/aromatic N) is 1. The summed E-state index contributed by atoms with van der Waals surface area (Å²) in [6.07, 6.45) is -1.15. The van der Waals surface area contributed by atoms with Crippen LogP contribution in [0.4, 0.5) is 0 Å². The molecule has 0 radical (unpaired) electrons. The van der Waals surface area contributed by atoms with Crippen LogP contribution in [0.15, 0.2) is 23.1 Å². The largest absolute Gasteiger partial charge is 0.479 e. The smallest absolute Gasteiger partial charge is 0.334 e. The van der Waals surface area contributed by atoms with Gasteiger partial charge in [-0.1, -0.05) is 17.7 Å². The quantitative estimate of drug-likeness (QED) is 0.902. The number of hydrogen-bond acceptors (Lipinski definition) is 4. The van der Waals surface area contributed by atoms with Crippen LogP contribution in [0.3, 0.4) is 0 Å². The summed E-state index contributed by atoms with van der Waals surface area (Å²) in [5.41, 5.74) is 0.847. The number of morpholine rings is 1. The van der Waals surface area contributed by atoms with Crippen molar-refractivity contribution in [3.05, 3.63) is 28.8 Å². The van der Waals surface area contributed by atoms with Gasteiger partial charge in [0.1, 0.15) is 4.90 Å². The maximum absolute atomic E-state index is 12.5. The molecule has 0 saturated carbocycles. The van der Waals surface area contributed by atoms with Crippen LogP contribution in [0.1, 0.15) is 5.56 Å². The summed E-state index contributed by atoms with van der Waals surface area (Å²) in [6, 6.07) is 4.63. The predicted molar refractivity (Wildman–Crippen MR) is 72.3 cm³/mol. The molecule has 1 saturated heterocycles. The Morgan fingerprint density at radius 3 is 2.80 bits per heavy atom. The summed E-state index contributed by atoms with van der Waals surface area (Å²) in [5.74, 6) is -1.18. The fraction of sp³-hybridized carbons (Fsp3) is 0.417. The van der Waals surface area contributed by atoms with E-state index in [1.165, 1.54) is 6.07 Å². The number of rotatable bonds is 3. The molecule has 1 heterocycles. The summed E-state index contributed by atoms with van der Waals surface area (Å²) in [5, 5.41) is 9.04. The van der Waals surface area contributed by atoms with Gasteiger partial charge < -0.3 is 9.84 Å². The summed E-state index contributed by atoms with van der Waals surface area (Å²) < 4.78 is 31.1. The Balaban J connectivity index is 2.32. The van der Waals surface area contributed by atoms with E-state index >= 15 is 0 Å². The van der Waals surface area contributed by atoms with Crippen LogP contribution < -0.4 is 0 Å². The Kier molecular flexibility index (Phi) is 4.33. The molecule has 1 fully saturated rings. The predicted octanol–water partition coefficient (Wildman–Crippen LogP) is 1.12. The van der Waals surface area contributed by atoms with Gasteiger partial charge in [-0.05, 0) is 24.6 Å². The number of carbonyl (C=O) groups is 1. The number of benzene rings is 1. The van der Waals surface area contributed by atoms with Gasteiger partial charge in [0, 0.05) is 6.54 Å². The van der Waals surface area contributed by atoms with Crippen molar-refractivity contribution in [1.29, 1.82) is 0 Å². The topological polar surface area (TPSA) is 83.9 Å². The average Bonchev–Trinajstić information content (AvgIpc) is 2.38. The zero-order chi connectivity index (χ0) is 14.9. The lowest BCUT2D eigenvalue weighted by atomic mass is 10.2. The summed E-state index contributed by atoms with van der Waals surface area (Å²) in [4.78, 5) is 10.9. The van der Waals surface area contributed by atoms with E-state index in [0.29, 0.717) is 0 Å². The van der Waals surface area contributed by atoms with Crippen LogP contribution in [0.2, 0.25) is 5.02 Å². The van der Waals surface area contributed by atoms with E-state index < -0.39 is 22.1 Å². The molecule has 0 amide bonds. The molecule has 1 aliphatic heterocycles. The second kappa shape index (κ2) is 5.69. The number of aryl methyl sites for hydroxylation is 1. The number of aliphatic carboxylic acids is 1. The van der Waals surface area contributed by atoms with Crippen LogP contribution in [0.5, 0.6) is 0 Å². The minimum Gasteiger partial charge on any atom is -0.479 e. The van der Waals surface area contributed by atoms with Gasteiger partial charge in [-0.25, -0.2) is 13.2 Å². The first-order valence-electron chi connectivity index (χ1n) is 5.93. The first-order valence-corrected chi connectivity index (χ1v) is 7.75. The van der Waals surface area contributed by atoms with Gasteiger partial charge in [0.15, 0.2) is 6.10 Å². The maximum Gasteiger partial charge on any atom is 0.334 e. The van der Waals surface area contributed by atoms with Crippen LogP contribution in [0.25, 0.3) is 0 Å². The standard InChI is InChI=1S/C12H14ClNO5S/c1-8-2-3-11(9(13)6-8)20(17,18)14-4-5-19-10(7-14)12(15)16/h2-3,6,10H,4-5,7H2,1H3,(H,15,16). The number of hydrogen-bond donors (Lipinski definition) is 1. The fourth-order valence-corrected chi connectivity index (χ4v) is 3.95. The van der Waals surface area contributed by atoms with Gasteiger partial charge in [-0.2, -0.15) is 4.31 Å². The van der Waals surface area contributed by atoms with E-state index in [9.17, 15) is 13.2 Å². The molecule has 0 spiro atoms. The minimum absolute atomic E-state index is 0.0178. The molecule has 2 rings (SSSR count). The molecule has 0 aromatic heterocycles. The normalized spacial score (nSPS) is 20.8. The van der Waals surface area contributed by atoms with Crippen molar-refractivity contribution in [3.63, 3.8) is 0 Å². The van der Waals surface area contributed by atoms with Crippen LogP contribution in [-0.4, -0.2) is 49.6 Å². The van der Waals surface area contributed by atoms with Gasteiger partial charge in [0.05, 0.1) is 18.2 Å². The Morgan fingerprint density at radius 1 is 1.50 bits per heavy atom. The number of carboxylic acid groups (broad SMARTS) is 1. The van der Waals surface area contributed by atoms with Crippen molar-refractivity contribution in [2.24, 2.45) is 0 Å². The summed E-state index contributed by atoms with van der Waals surface area (Å²) in [6.45, 7) is 1.73. The molecule has 1 aliphatic rings. The molecule has 1 atom stereocenters. The van der Waals surface area contributed by atoms with E-state index in [4.69, 9.17) is 21.4 Å². The summed E-state index contributed by atoms with van der Waals surface area (Å²) in [7, 11) is -3.82. The average molecular weight is 320 g/mol. The van der Waals surface area contributed by atoms with Crippen LogP contribution >= 0.6 is 11.6 Å². The van der Waals surface area contributed by atoms with Crippen molar-refractivity contribution in [1.82, 2.24) is 4.31 Å². The highest BCUT2D eigenvalue weighted by Crippen LogP contribution is 2.26. The first-order chi connectivity index (χ1) is 9.32. The third kappa shape index (κ3) is 2.95. The lowest BCUT2D eigenvalue weighted by molar-refractivity contribution is -0.153. The second-order valence-electron chi connectivity index (χ2n) is 4.49. The van der Waals surface area contributed by atoms with E-state index in [1.807, 2.05) is 0 Å². The minimum atomic E-state index is -3.82. The van der Waals surface area contributed by atoms with Gasteiger partial charge in [0.25, 0.3) is 0 Å². The number of halogens is 1. The second-order valence-corrected chi connectivity index (χ2v) is 6.81. The van der Waals surface area contributed by atoms with Crippen molar-refractivity contribution in [3.8, 4) is 0 Å². The highest BCUT2D eigenvalue weighted by molar-refractivity contribution is 7.89. The number of ether oxygens (including phenoxy) is 1. The monoisotopic (exact) mass is 319 g/mol. The summed E-state index contributed by atoms with van der Waals surface area (Å²) >= 11 is 5.98. The van der Waals surface area contributed by atoms with Crippen molar-refractivity contribution in [2.45, 2.75) is 17.9 Å². The fourth-order valence-electron chi connectivity index (χ4n) is 1.95. The highest BCUT2D eigenvalue weighted by Gasteiger charge is 2.34. The Bertz CT molecular complexity index is 631. The Hall–Kier alpha value is -1.15. The zero-order valence-electron chi connectivity index (χ0n) is 10.7. The molecule has 6 nitrogen and oxygen atoms in total. The number of carboxylic acids is 1.